The number of likely N-dealkylation sites (N-methyl/N-ethyl adjacent to an activating group) is 1. The lowest BCUT2D eigenvalue weighted by atomic mass is 10.3. The van der Waals surface area contributed by atoms with Crippen molar-refractivity contribution >= 4 is 0 Å². The molecule has 1 unspecified atom stereocenters. The van der Waals surface area contributed by atoms with Crippen LogP contribution >= 0.6 is 0 Å². The molecule has 0 saturated carbocycles. The number of nitrogens with zero attached hydrogens (tertiary/aromatic N) is 1. The third-order valence-electron chi connectivity index (χ3n) is 1.43. The predicted molar refractivity (Wildman–Crippen MR) is 39.5 cm³/mol. The highest BCUT2D eigenvalue weighted by Crippen LogP contribution is 1.94. The smallest absolute Gasteiger partial charge is 0.0381 e. The molecule has 0 aromatic carbocycles. The summed E-state index contributed by atoms with van der Waals surface area (Å²) in [7, 11) is 4.18. The molecule has 2 nitrogen and oxygen atoms in total. The summed E-state index contributed by atoms with van der Waals surface area (Å²) >= 11 is 0. The van der Waals surface area contributed by atoms with Crippen LogP contribution in [0.25, 0.3) is 0 Å². The first kappa shape index (κ1) is 6.78. The maximum absolute atomic E-state index is 3.34. The van der Waals surface area contributed by atoms with Gasteiger partial charge in [-0.3, -0.25) is 0 Å². The van der Waals surface area contributed by atoms with Crippen molar-refractivity contribution in [3.8, 4) is 0 Å². The molecule has 0 bridgehead atoms. The fourth-order valence-corrected chi connectivity index (χ4v) is 1.04. The summed E-state index contributed by atoms with van der Waals surface area (Å²) in [5.74, 6) is 0. The fourth-order valence-electron chi connectivity index (χ4n) is 1.04. The largest absolute Gasteiger partial charge is 0.308 e. The van der Waals surface area contributed by atoms with E-state index in [2.05, 4.69) is 36.5 Å². The molecule has 1 N–H and O–H groups in total. The molecule has 9 heavy (non-hydrogen) atoms. The molecule has 0 aromatic heterocycles. The van der Waals surface area contributed by atoms with Gasteiger partial charge in [0.1, 0.15) is 0 Å². The second kappa shape index (κ2) is 2.99. The van der Waals surface area contributed by atoms with E-state index in [1.807, 2.05) is 0 Å². The van der Waals surface area contributed by atoms with Crippen molar-refractivity contribution in [1.82, 2.24) is 10.2 Å². The van der Waals surface area contributed by atoms with Crippen LogP contribution in [0.4, 0.5) is 0 Å². The van der Waals surface area contributed by atoms with E-state index in [9.17, 15) is 0 Å². The van der Waals surface area contributed by atoms with Crippen molar-refractivity contribution in [3.05, 3.63) is 12.2 Å². The van der Waals surface area contributed by atoms with Crippen LogP contribution in [0.2, 0.25) is 0 Å². The Morgan fingerprint density at radius 1 is 1.67 bits per heavy atom. The van der Waals surface area contributed by atoms with Gasteiger partial charge in [-0.15, -0.1) is 0 Å². The van der Waals surface area contributed by atoms with E-state index in [4.69, 9.17) is 0 Å². The summed E-state index contributed by atoms with van der Waals surface area (Å²) in [5, 5.41) is 3.34. The third-order valence-corrected chi connectivity index (χ3v) is 1.43. The van der Waals surface area contributed by atoms with Crippen LogP contribution in [0.15, 0.2) is 12.2 Å². The fraction of sp³-hybridized carbons (Fsp3) is 0.714. The SMILES string of the molecule is CN(C)CC1C=CCN1. The zero-order chi connectivity index (χ0) is 6.69. The van der Waals surface area contributed by atoms with E-state index in [-0.39, 0.29) is 0 Å². The molecule has 0 saturated heterocycles. The van der Waals surface area contributed by atoms with Crippen LogP contribution in [0.3, 0.4) is 0 Å². The Labute approximate surface area is 56.5 Å². The van der Waals surface area contributed by atoms with E-state index in [0.717, 1.165) is 13.1 Å². The summed E-state index contributed by atoms with van der Waals surface area (Å²) < 4.78 is 0. The summed E-state index contributed by atoms with van der Waals surface area (Å²) in [6, 6.07) is 0.583. The second-order valence-corrected chi connectivity index (χ2v) is 2.71. The molecular weight excluding hydrogens is 112 g/mol. The molecule has 1 atom stereocenters. The zero-order valence-corrected chi connectivity index (χ0v) is 6.09. The summed E-state index contributed by atoms with van der Waals surface area (Å²) in [5.41, 5.74) is 0. The van der Waals surface area contributed by atoms with E-state index >= 15 is 0 Å². The normalized spacial score (nSPS) is 25.9. The Morgan fingerprint density at radius 2 is 2.44 bits per heavy atom. The molecule has 2 heteroatoms. The zero-order valence-electron chi connectivity index (χ0n) is 6.09. The van der Waals surface area contributed by atoms with Crippen LogP contribution in [0.1, 0.15) is 0 Å². The Kier molecular flexibility index (Phi) is 2.25. The summed E-state index contributed by atoms with van der Waals surface area (Å²) in [6.45, 7) is 2.15. The topological polar surface area (TPSA) is 15.3 Å². The van der Waals surface area contributed by atoms with Gasteiger partial charge >= 0.3 is 0 Å². The van der Waals surface area contributed by atoms with Crippen molar-refractivity contribution in [2.45, 2.75) is 6.04 Å². The van der Waals surface area contributed by atoms with Gasteiger partial charge in [-0.2, -0.15) is 0 Å². The minimum absolute atomic E-state index is 0.583. The van der Waals surface area contributed by atoms with Gasteiger partial charge in [0.25, 0.3) is 0 Å². The van der Waals surface area contributed by atoms with Crippen LogP contribution in [-0.4, -0.2) is 38.1 Å². The van der Waals surface area contributed by atoms with E-state index in [0.29, 0.717) is 6.04 Å². The number of hydrogen-bond acceptors (Lipinski definition) is 2. The quantitative estimate of drug-likeness (QED) is 0.527. The highest BCUT2D eigenvalue weighted by molar-refractivity contribution is 5.02. The Bertz CT molecular complexity index is 107. The van der Waals surface area contributed by atoms with Crippen molar-refractivity contribution < 1.29 is 0 Å². The Balaban J connectivity index is 2.20. The molecule has 0 aliphatic carbocycles. The van der Waals surface area contributed by atoms with Gasteiger partial charge in [-0.25, -0.2) is 0 Å². The van der Waals surface area contributed by atoms with Gasteiger partial charge in [0.2, 0.25) is 0 Å². The lowest BCUT2D eigenvalue weighted by molar-refractivity contribution is 0.378. The standard InChI is InChI=1S/C7H14N2/c1-9(2)6-7-4-3-5-8-7/h3-4,7-8H,5-6H2,1-2H3. The highest BCUT2D eigenvalue weighted by atomic mass is 15.1. The van der Waals surface area contributed by atoms with Gasteiger partial charge < -0.3 is 10.2 Å². The highest BCUT2D eigenvalue weighted by Gasteiger charge is 2.07. The molecule has 1 aliphatic heterocycles. The molecular formula is C7H14N2. The lowest BCUT2D eigenvalue weighted by Crippen LogP contribution is -2.33. The number of hydrogen-bond donors (Lipinski definition) is 1. The first-order valence-electron chi connectivity index (χ1n) is 3.34. The van der Waals surface area contributed by atoms with Crippen molar-refractivity contribution in [2.75, 3.05) is 27.2 Å². The van der Waals surface area contributed by atoms with E-state index < -0.39 is 0 Å². The predicted octanol–water partition coefficient (Wildman–Crippen LogP) is 0.0760. The Hall–Kier alpha value is -0.340. The lowest BCUT2D eigenvalue weighted by Gasteiger charge is -2.14. The number of rotatable bonds is 2. The molecule has 0 amide bonds. The molecule has 1 aliphatic rings. The molecule has 0 spiro atoms. The van der Waals surface area contributed by atoms with Crippen molar-refractivity contribution in [3.63, 3.8) is 0 Å². The van der Waals surface area contributed by atoms with Crippen LogP contribution in [0.5, 0.6) is 0 Å². The van der Waals surface area contributed by atoms with Crippen LogP contribution < -0.4 is 5.32 Å². The third kappa shape index (κ3) is 2.16. The van der Waals surface area contributed by atoms with Gasteiger partial charge in [-0.05, 0) is 14.1 Å². The van der Waals surface area contributed by atoms with Gasteiger partial charge in [0.05, 0.1) is 0 Å². The van der Waals surface area contributed by atoms with Crippen molar-refractivity contribution in [1.29, 1.82) is 0 Å². The molecule has 0 fully saturated rings. The minimum Gasteiger partial charge on any atom is -0.308 e. The summed E-state index contributed by atoms with van der Waals surface area (Å²) in [4.78, 5) is 2.19. The maximum Gasteiger partial charge on any atom is 0.0381 e. The van der Waals surface area contributed by atoms with Crippen molar-refractivity contribution in [2.24, 2.45) is 0 Å². The van der Waals surface area contributed by atoms with E-state index in [1.165, 1.54) is 0 Å². The molecule has 1 heterocycles. The van der Waals surface area contributed by atoms with Crippen LogP contribution in [0, 0.1) is 0 Å². The van der Waals surface area contributed by atoms with E-state index in [1.54, 1.807) is 0 Å². The summed E-state index contributed by atoms with van der Waals surface area (Å²) in [6.07, 6.45) is 4.40. The van der Waals surface area contributed by atoms with Gasteiger partial charge in [0, 0.05) is 19.1 Å². The second-order valence-electron chi connectivity index (χ2n) is 2.71. The first-order chi connectivity index (χ1) is 4.29. The average molecular weight is 126 g/mol. The first-order valence-corrected chi connectivity index (χ1v) is 3.34. The van der Waals surface area contributed by atoms with Gasteiger partial charge in [-0.1, -0.05) is 12.2 Å². The molecule has 0 radical (unpaired) electrons. The maximum atomic E-state index is 3.34. The van der Waals surface area contributed by atoms with Gasteiger partial charge in [0.15, 0.2) is 0 Å². The Morgan fingerprint density at radius 3 is 2.89 bits per heavy atom. The molecule has 0 aromatic rings. The molecule has 52 valence electrons. The minimum atomic E-state index is 0.583. The van der Waals surface area contributed by atoms with Crippen LogP contribution in [-0.2, 0) is 0 Å². The average Bonchev–Trinajstić information content (AvgIpc) is 2.15. The monoisotopic (exact) mass is 126 g/mol. The number of nitrogens with one attached hydrogen (secondary N) is 1. The molecule has 1 rings (SSSR count).